The van der Waals surface area contributed by atoms with Crippen LogP contribution in [0.3, 0.4) is 0 Å². The first kappa shape index (κ1) is 13.6. The summed E-state index contributed by atoms with van der Waals surface area (Å²) in [5, 5.41) is 0. The van der Waals surface area contributed by atoms with Gasteiger partial charge in [-0.3, -0.25) is 0 Å². The molecule has 0 spiro atoms. The average Bonchev–Trinajstić information content (AvgIpc) is 2.45. The smallest absolute Gasteiger partial charge is 0.119 e. The summed E-state index contributed by atoms with van der Waals surface area (Å²) in [6, 6.07) is 16.2. The van der Waals surface area contributed by atoms with Crippen LogP contribution in [0, 0.1) is 6.92 Å². The third kappa shape index (κ3) is 3.36. The maximum absolute atomic E-state index is 6.33. The quantitative estimate of drug-likeness (QED) is 0.881. The molecule has 0 aliphatic heterocycles. The summed E-state index contributed by atoms with van der Waals surface area (Å²) in [6.07, 6.45) is 1.02. The van der Waals surface area contributed by atoms with Crippen molar-refractivity contribution in [3.63, 3.8) is 0 Å². The number of benzene rings is 2. The highest BCUT2D eigenvalue weighted by Crippen LogP contribution is 2.24. The van der Waals surface area contributed by atoms with Gasteiger partial charge in [-0.05, 0) is 42.2 Å². The lowest BCUT2D eigenvalue weighted by Gasteiger charge is -2.15. The standard InChI is InChI=1S/C17H21NO/c1-3-12-19-15-10-8-14(9-11-15)17(18)16-7-5-4-6-13(16)2/h4-11,17H,3,12,18H2,1-2H3. The second-order valence-electron chi connectivity index (χ2n) is 4.75. The molecule has 0 radical (unpaired) electrons. The largest absolute Gasteiger partial charge is 0.494 e. The Balaban J connectivity index is 2.16. The minimum Gasteiger partial charge on any atom is -0.494 e. The highest BCUT2D eigenvalue weighted by molar-refractivity contribution is 5.38. The van der Waals surface area contributed by atoms with E-state index in [1.165, 1.54) is 11.1 Å². The topological polar surface area (TPSA) is 35.2 Å². The van der Waals surface area contributed by atoms with E-state index in [-0.39, 0.29) is 6.04 Å². The molecule has 0 bridgehead atoms. The van der Waals surface area contributed by atoms with Crippen LogP contribution in [0.4, 0.5) is 0 Å². The van der Waals surface area contributed by atoms with E-state index < -0.39 is 0 Å². The number of nitrogens with two attached hydrogens (primary N) is 1. The minimum atomic E-state index is -0.0820. The molecular weight excluding hydrogens is 234 g/mol. The summed E-state index contributed by atoms with van der Waals surface area (Å²) in [7, 11) is 0. The number of rotatable bonds is 5. The summed E-state index contributed by atoms with van der Waals surface area (Å²) < 4.78 is 5.58. The van der Waals surface area contributed by atoms with E-state index >= 15 is 0 Å². The van der Waals surface area contributed by atoms with Crippen molar-refractivity contribution in [2.24, 2.45) is 5.73 Å². The fourth-order valence-electron chi connectivity index (χ4n) is 2.11. The Bertz CT molecular complexity index is 519. The molecule has 0 aliphatic carbocycles. The lowest BCUT2D eigenvalue weighted by Crippen LogP contribution is -2.13. The van der Waals surface area contributed by atoms with Crippen molar-refractivity contribution in [3.8, 4) is 5.75 Å². The summed E-state index contributed by atoms with van der Waals surface area (Å²) in [4.78, 5) is 0. The zero-order chi connectivity index (χ0) is 13.7. The predicted octanol–water partition coefficient (Wildman–Crippen LogP) is 3.83. The fourth-order valence-corrected chi connectivity index (χ4v) is 2.11. The van der Waals surface area contributed by atoms with Crippen LogP contribution in [0.2, 0.25) is 0 Å². The van der Waals surface area contributed by atoms with Crippen LogP contribution < -0.4 is 10.5 Å². The Morgan fingerprint density at radius 3 is 2.37 bits per heavy atom. The van der Waals surface area contributed by atoms with Gasteiger partial charge in [0.15, 0.2) is 0 Å². The molecule has 2 heteroatoms. The van der Waals surface area contributed by atoms with Crippen LogP contribution in [0.15, 0.2) is 48.5 Å². The molecule has 2 aromatic rings. The van der Waals surface area contributed by atoms with Gasteiger partial charge in [0.25, 0.3) is 0 Å². The van der Waals surface area contributed by atoms with E-state index in [9.17, 15) is 0 Å². The van der Waals surface area contributed by atoms with Crippen LogP contribution in [-0.2, 0) is 0 Å². The molecule has 19 heavy (non-hydrogen) atoms. The lowest BCUT2D eigenvalue weighted by atomic mass is 9.96. The second-order valence-corrected chi connectivity index (χ2v) is 4.75. The Hall–Kier alpha value is -1.80. The van der Waals surface area contributed by atoms with Crippen LogP contribution in [0.5, 0.6) is 5.75 Å². The summed E-state index contributed by atoms with van der Waals surface area (Å²) in [5.41, 5.74) is 9.83. The highest BCUT2D eigenvalue weighted by atomic mass is 16.5. The normalized spacial score (nSPS) is 12.2. The maximum Gasteiger partial charge on any atom is 0.119 e. The van der Waals surface area contributed by atoms with Crippen LogP contribution in [0.25, 0.3) is 0 Å². The van der Waals surface area contributed by atoms with Gasteiger partial charge in [-0.2, -0.15) is 0 Å². The van der Waals surface area contributed by atoms with E-state index in [4.69, 9.17) is 10.5 Å². The molecule has 1 unspecified atom stereocenters. The molecule has 0 aliphatic rings. The van der Waals surface area contributed by atoms with E-state index in [1.807, 2.05) is 36.4 Å². The van der Waals surface area contributed by atoms with Gasteiger partial charge < -0.3 is 10.5 Å². The zero-order valence-corrected chi connectivity index (χ0v) is 11.6. The van der Waals surface area contributed by atoms with E-state index in [1.54, 1.807) is 0 Å². The van der Waals surface area contributed by atoms with Crippen molar-refractivity contribution >= 4 is 0 Å². The van der Waals surface area contributed by atoms with Crippen LogP contribution >= 0.6 is 0 Å². The fraction of sp³-hybridized carbons (Fsp3) is 0.294. The molecule has 0 saturated heterocycles. The number of hydrogen-bond acceptors (Lipinski definition) is 2. The van der Waals surface area contributed by atoms with Gasteiger partial charge in [-0.1, -0.05) is 43.3 Å². The molecule has 0 saturated carbocycles. The molecule has 0 fully saturated rings. The molecular formula is C17H21NO. The van der Waals surface area contributed by atoms with Crippen LogP contribution in [0.1, 0.15) is 36.1 Å². The first-order valence-corrected chi connectivity index (χ1v) is 6.76. The van der Waals surface area contributed by atoms with Gasteiger partial charge in [0.05, 0.1) is 12.6 Å². The van der Waals surface area contributed by atoms with Crippen molar-refractivity contribution < 1.29 is 4.74 Å². The summed E-state index contributed by atoms with van der Waals surface area (Å²) >= 11 is 0. The van der Waals surface area contributed by atoms with Crippen molar-refractivity contribution in [1.29, 1.82) is 0 Å². The maximum atomic E-state index is 6.33. The molecule has 2 rings (SSSR count). The molecule has 1 atom stereocenters. The van der Waals surface area contributed by atoms with Gasteiger partial charge in [-0.15, -0.1) is 0 Å². The molecule has 2 nitrogen and oxygen atoms in total. The van der Waals surface area contributed by atoms with E-state index in [0.29, 0.717) is 0 Å². The van der Waals surface area contributed by atoms with Crippen molar-refractivity contribution in [2.75, 3.05) is 6.61 Å². The number of hydrogen-bond donors (Lipinski definition) is 1. The van der Waals surface area contributed by atoms with Gasteiger partial charge in [-0.25, -0.2) is 0 Å². The minimum absolute atomic E-state index is 0.0820. The molecule has 0 amide bonds. The average molecular weight is 255 g/mol. The van der Waals surface area contributed by atoms with Crippen molar-refractivity contribution in [1.82, 2.24) is 0 Å². The van der Waals surface area contributed by atoms with Gasteiger partial charge in [0.1, 0.15) is 5.75 Å². The number of aryl methyl sites for hydroxylation is 1. The summed E-state index contributed by atoms with van der Waals surface area (Å²) in [6.45, 7) is 4.94. The Labute approximate surface area is 115 Å². The first-order valence-electron chi connectivity index (χ1n) is 6.76. The Kier molecular flexibility index (Phi) is 4.58. The molecule has 2 aromatic carbocycles. The van der Waals surface area contributed by atoms with E-state index in [2.05, 4.69) is 26.0 Å². The van der Waals surface area contributed by atoms with Gasteiger partial charge >= 0.3 is 0 Å². The van der Waals surface area contributed by atoms with Gasteiger partial charge in [0.2, 0.25) is 0 Å². The van der Waals surface area contributed by atoms with Gasteiger partial charge in [0, 0.05) is 0 Å². The van der Waals surface area contributed by atoms with Crippen LogP contribution in [-0.4, -0.2) is 6.61 Å². The highest BCUT2D eigenvalue weighted by Gasteiger charge is 2.10. The van der Waals surface area contributed by atoms with Crippen molar-refractivity contribution in [2.45, 2.75) is 26.3 Å². The molecule has 0 aromatic heterocycles. The molecule has 100 valence electrons. The predicted molar refractivity (Wildman–Crippen MR) is 79.4 cm³/mol. The first-order chi connectivity index (χ1) is 9.22. The Morgan fingerprint density at radius 1 is 1.05 bits per heavy atom. The summed E-state index contributed by atoms with van der Waals surface area (Å²) in [5.74, 6) is 0.905. The third-order valence-corrected chi connectivity index (χ3v) is 3.24. The monoisotopic (exact) mass is 255 g/mol. The second kappa shape index (κ2) is 6.39. The van der Waals surface area contributed by atoms with Crippen molar-refractivity contribution in [3.05, 3.63) is 65.2 Å². The number of ether oxygens (including phenoxy) is 1. The molecule has 2 N–H and O–H groups in total. The Morgan fingerprint density at radius 2 is 1.74 bits per heavy atom. The zero-order valence-electron chi connectivity index (χ0n) is 11.6. The third-order valence-electron chi connectivity index (χ3n) is 3.24. The molecule has 0 heterocycles. The SMILES string of the molecule is CCCOc1ccc(C(N)c2ccccc2C)cc1. The lowest BCUT2D eigenvalue weighted by molar-refractivity contribution is 0.317. The van der Waals surface area contributed by atoms with E-state index in [0.717, 1.165) is 24.3 Å².